The first-order valence-electron chi connectivity index (χ1n) is 7.69. The average Bonchev–Trinajstić information content (AvgIpc) is 2.87. The number of hydrogen-bond donors (Lipinski definition) is 0. The van der Waals surface area contributed by atoms with Gasteiger partial charge in [-0.3, -0.25) is 0 Å². The van der Waals surface area contributed by atoms with Crippen LogP contribution in [0.2, 0.25) is 0 Å². The van der Waals surface area contributed by atoms with Crippen LogP contribution in [0.4, 0.5) is 0 Å². The fraction of sp³-hybridized carbons (Fsp3) is 0.300. The summed E-state index contributed by atoms with van der Waals surface area (Å²) in [6, 6.07) is 15.9. The topological polar surface area (TPSA) is 0 Å². The first kappa shape index (κ1) is 12.0. The van der Waals surface area contributed by atoms with Crippen molar-refractivity contribution in [3.05, 3.63) is 75.9 Å². The van der Waals surface area contributed by atoms with E-state index in [1.165, 1.54) is 30.4 Å². The summed E-state index contributed by atoms with van der Waals surface area (Å²) in [5, 5.41) is 0. The molecule has 0 bridgehead atoms. The van der Waals surface area contributed by atoms with Crippen LogP contribution in [0.1, 0.15) is 53.5 Å². The zero-order valence-electron chi connectivity index (χ0n) is 12.0. The molecule has 4 rings (SSSR count). The number of fused-ring (bicyclic) bond motifs is 2. The van der Waals surface area contributed by atoms with Crippen LogP contribution in [0.25, 0.3) is 6.08 Å². The van der Waals surface area contributed by atoms with Crippen molar-refractivity contribution < 1.29 is 0 Å². The molecule has 0 N–H and O–H groups in total. The second-order valence-corrected chi connectivity index (χ2v) is 6.23. The fourth-order valence-electron chi connectivity index (χ4n) is 3.96. The van der Waals surface area contributed by atoms with Crippen LogP contribution in [0.5, 0.6) is 0 Å². The largest absolute Gasteiger partial charge is 0.0683 e. The van der Waals surface area contributed by atoms with E-state index >= 15 is 0 Å². The number of allylic oxidation sites excluding steroid dienone is 1. The average molecular weight is 260 g/mol. The Labute approximate surface area is 121 Å². The molecule has 0 radical (unpaired) electrons. The van der Waals surface area contributed by atoms with E-state index in [1.54, 1.807) is 22.3 Å². The lowest BCUT2D eigenvalue weighted by atomic mass is 9.77. The van der Waals surface area contributed by atoms with Crippen LogP contribution >= 0.6 is 0 Å². The number of benzene rings is 2. The van der Waals surface area contributed by atoms with Crippen molar-refractivity contribution >= 4 is 6.08 Å². The quantitative estimate of drug-likeness (QED) is 0.668. The summed E-state index contributed by atoms with van der Waals surface area (Å²) in [6.45, 7) is 2.25. The third-order valence-electron chi connectivity index (χ3n) is 4.85. The molecule has 0 fully saturated rings. The summed E-state index contributed by atoms with van der Waals surface area (Å²) >= 11 is 0. The zero-order valence-corrected chi connectivity index (χ0v) is 12.0. The van der Waals surface area contributed by atoms with Crippen molar-refractivity contribution in [1.29, 1.82) is 0 Å². The van der Waals surface area contributed by atoms with Crippen molar-refractivity contribution in [1.82, 2.24) is 0 Å². The minimum absolute atomic E-state index is 0.606. The number of aryl methyl sites for hydroxylation is 1. The molecule has 0 heteroatoms. The maximum Gasteiger partial charge on any atom is 0.00952 e. The van der Waals surface area contributed by atoms with E-state index in [0.29, 0.717) is 5.92 Å². The molecule has 1 atom stereocenters. The molecule has 0 nitrogen and oxygen atoms in total. The van der Waals surface area contributed by atoms with E-state index in [0.717, 1.165) is 6.42 Å². The van der Waals surface area contributed by atoms with Gasteiger partial charge in [0.2, 0.25) is 0 Å². The zero-order chi connectivity index (χ0) is 13.5. The van der Waals surface area contributed by atoms with Gasteiger partial charge in [0.05, 0.1) is 0 Å². The van der Waals surface area contributed by atoms with Crippen molar-refractivity contribution in [2.24, 2.45) is 0 Å². The molecular formula is C20H20. The van der Waals surface area contributed by atoms with Gasteiger partial charge in [0.25, 0.3) is 0 Å². The van der Waals surface area contributed by atoms with Gasteiger partial charge in [-0.1, -0.05) is 54.1 Å². The lowest BCUT2D eigenvalue weighted by Gasteiger charge is -2.27. The highest BCUT2D eigenvalue weighted by Crippen LogP contribution is 2.40. The van der Waals surface area contributed by atoms with Gasteiger partial charge >= 0.3 is 0 Å². The van der Waals surface area contributed by atoms with Gasteiger partial charge in [0.1, 0.15) is 0 Å². The highest BCUT2D eigenvalue weighted by Gasteiger charge is 2.25. The predicted octanol–water partition coefficient (Wildman–Crippen LogP) is 5.11. The summed E-state index contributed by atoms with van der Waals surface area (Å²) in [4.78, 5) is 0. The van der Waals surface area contributed by atoms with E-state index in [9.17, 15) is 0 Å². The Morgan fingerprint density at radius 3 is 2.75 bits per heavy atom. The molecule has 100 valence electrons. The summed E-state index contributed by atoms with van der Waals surface area (Å²) in [7, 11) is 0. The maximum atomic E-state index is 2.36. The highest BCUT2D eigenvalue weighted by atomic mass is 14.3. The second-order valence-electron chi connectivity index (χ2n) is 6.23. The third-order valence-corrected chi connectivity index (χ3v) is 4.85. The van der Waals surface area contributed by atoms with Crippen LogP contribution in [-0.4, -0.2) is 0 Å². The smallest absolute Gasteiger partial charge is 0.00952 e. The molecule has 2 aromatic carbocycles. The standard InChI is InChI=1S/C20H20/c1-14-12-16-8-5-11-19(20(16)13-14)18-10-4-7-15-6-2-3-9-17(15)18/h2-3,5-6,8-9,11-12,18H,4,7,10,13H2,1H3. The summed E-state index contributed by atoms with van der Waals surface area (Å²) in [6.07, 6.45) is 7.36. The molecule has 2 aliphatic carbocycles. The molecule has 1 unspecified atom stereocenters. The van der Waals surface area contributed by atoms with Crippen molar-refractivity contribution in [3.8, 4) is 0 Å². The normalized spacial score (nSPS) is 20.2. The van der Waals surface area contributed by atoms with E-state index < -0.39 is 0 Å². The fourth-order valence-corrected chi connectivity index (χ4v) is 3.96. The van der Waals surface area contributed by atoms with Gasteiger partial charge in [-0.25, -0.2) is 0 Å². The van der Waals surface area contributed by atoms with Crippen molar-refractivity contribution in [2.75, 3.05) is 0 Å². The third kappa shape index (κ3) is 1.83. The van der Waals surface area contributed by atoms with Gasteiger partial charge in [-0.15, -0.1) is 0 Å². The van der Waals surface area contributed by atoms with E-state index in [2.05, 4.69) is 55.5 Å². The molecule has 0 aliphatic heterocycles. The van der Waals surface area contributed by atoms with Gasteiger partial charge in [-0.05, 0) is 60.4 Å². The number of hydrogen-bond acceptors (Lipinski definition) is 0. The van der Waals surface area contributed by atoms with Crippen LogP contribution in [0.15, 0.2) is 48.0 Å². The molecule has 0 aromatic heterocycles. The van der Waals surface area contributed by atoms with Crippen LogP contribution in [0.3, 0.4) is 0 Å². The molecule has 2 aromatic rings. The first-order valence-corrected chi connectivity index (χ1v) is 7.69. The molecular weight excluding hydrogens is 240 g/mol. The first-order chi connectivity index (χ1) is 9.83. The predicted molar refractivity (Wildman–Crippen MR) is 85.0 cm³/mol. The van der Waals surface area contributed by atoms with Crippen LogP contribution in [0, 0.1) is 0 Å². The van der Waals surface area contributed by atoms with Gasteiger partial charge in [-0.2, -0.15) is 0 Å². The minimum Gasteiger partial charge on any atom is -0.0683 e. The molecule has 0 amide bonds. The summed E-state index contributed by atoms with van der Waals surface area (Å²) < 4.78 is 0. The Morgan fingerprint density at radius 2 is 1.80 bits per heavy atom. The second kappa shape index (κ2) is 4.63. The molecule has 0 spiro atoms. The maximum absolute atomic E-state index is 2.36. The Kier molecular flexibility index (Phi) is 2.77. The molecule has 2 aliphatic rings. The van der Waals surface area contributed by atoms with Crippen molar-refractivity contribution in [3.63, 3.8) is 0 Å². The number of rotatable bonds is 1. The van der Waals surface area contributed by atoms with Gasteiger partial charge in [0, 0.05) is 5.92 Å². The lowest BCUT2D eigenvalue weighted by molar-refractivity contribution is 0.613. The molecule has 0 saturated heterocycles. The van der Waals surface area contributed by atoms with Crippen molar-refractivity contribution in [2.45, 2.75) is 38.5 Å². The Bertz CT molecular complexity index is 691. The van der Waals surface area contributed by atoms with E-state index in [4.69, 9.17) is 0 Å². The SMILES string of the molecule is CC1=Cc2cccc(C3CCCc4ccccc43)c2C1. The summed E-state index contributed by atoms with van der Waals surface area (Å²) in [5.41, 5.74) is 9.22. The Balaban J connectivity index is 1.83. The van der Waals surface area contributed by atoms with Crippen LogP contribution in [-0.2, 0) is 12.8 Å². The van der Waals surface area contributed by atoms with Gasteiger partial charge < -0.3 is 0 Å². The highest BCUT2D eigenvalue weighted by molar-refractivity contribution is 5.66. The Morgan fingerprint density at radius 1 is 0.950 bits per heavy atom. The Hall–Kier alpha value is -1.82. The summed E-state index contributed by atoms with van der Waals surface area (Å²) in [5.74, 6) is 0.606. The van der Waals surface area contributed by atoms with Crippen LogP contribution < -0.4 is 0 Å². The minimum atomic E-state index is 0.606. The molecule has 0 heterocycles. The molecule has 0 saturated carbocycles. The van der Waals surface area contributed by atoms with E-state index in [-0.39, 0.29) is 0 Å². The monoisotopic (exact) mass is 260 g/mol. The molecule has 20 heavy (non-hydrogen) atoms. The lowest BCUT2D eigenvalue weighted by Crippen LogP contribution is -2.12. The van der Waals surface area contributed by atoms with Gasteiger partial charge in [0.15, 0.2) is 0 Å². The van der Waals surface area contributed by atoms with E-state index in [1.807, 2.05) is 0 Å².